The van der Waals surface area contributed by atoms with Gasteiger partial charge < -0.3 is 14.4 Å². The molecule has 0 aliphatic carbocycles. The van der Waals surface area contributed by atoms with Gasteiger partial charge in [-0.2, -0.15) is 15.1 Å². The van der Waals surface area contributed by atoms with Crippen molar-refractivity contribution in [2.45, 2.75) is 13.5 Å². The molecule has 1 aliphatic rings. The molecule has 0 spiro atoms. The number of aryl methyl sites for hydroxylation is 1. The lowest BCUT2D eigenvalue weighted by molar-refractivity contribution is 0.122. The van der Waals surface area contributed by atoms with E-state index in [1.165, 1.54) is 5.56 Å². The lowest BCUT2D eigenvalue weighted by Gasteiger charge is -2.28. The van der Waals surface area contributed by atoms with Crippen molar-refractivity contribution < 1.29 is 9.47 Å². The van der Waals surface area contributed by atoms with Gasteiger partial charge in [-0.3, -0.25) is 10.4 Å². The largest absolute Gasteiger partial charge is 0.458 e. The van der Waals surface area contributed by atoms with Crippen LogP contribution in [-0.4, -0.2) is 47.5 Å². The molecule has 154 valence electrons. The van der Waals surface area contributed by atoms with Crippen molar-refractivity contribution in [2.24, 2.45) is 5.10 Å². The van der Waals surface area contributed by atoms with Gasteiger partial charge in [0.15, 0.2) is 5.82 Å². The van der Waals surface area contributed by atoms with Gasteiger partial charge in [-0.25, -0.2) is 0 Å². The molecule has 4 rings (SSSR count). The fourth-order valence-electron chi connectivity index (χ4n) is 3.04. The molecule has 3 aromatic rings. The molecule has 8 heteroatoms. The van der Waals surface area contributed by atoms with Crippen molar-refractivity contribution in [3.8, 4) is 6.01 Å². The van der Waals surface area contributed by atoms with E-state index in [4.69, 9.17) is 9.47 Å². The summed E-state index contributed by atoms with van der Waals surface area (Å²) in [5.74, 6) is 1.35. The van der Waals surface area contributed by atoms with Gasteiger partial charge in [-0.15, -0.1) is 0 Å². The van der Waals surface area contributed by atoms with Crippen LogP contribution >= 0.6 is 0 Å². The van der Waals surface area contributed by atoms with Crippen LogP contribution in [0.2, 0.25) is 0 Å². The lowest BCUT2D eigenvalue weighted by Crippen LogP contribution is -2.36. The van der Waals surface area contributed by atoms with Crippen LogP contribution in [0.3, 0.4) is 0 Å². The van der Waals surface area contributed by atoms with Gasteiger partial charge in [-0.05, 0) is 18.6 Å². The first-order chi connectivity index (χ1) is 14.8. The topological polar surface area (TPSA) is 84.8 Å². The minimum Gasteiger partial charge on any atom is -0.458 e. The molecular formula is C22H24N6O2. The van der Waals surface area contributed by atoms with Crippen LogP contribution in [0.25, 0.3) is 0 Å². The van der Waals surface area contributed by atoms with Crippen LogP contribution in [0.1, 0.15) is 16.7 Å². The van der Waals surface area contributed by atoms with Crippen LogP contribution in [-0.2, 0) is 11.3 Å². The Kier molecular flexibility index (Phi) is 6.46. The van der Waals surface area contributed by atoms with E-state index in [9.17, 15) is 0 Å². The molecule has 1 saturated heterocycles. The quantitative estimate of drug-likeness (QED) is 0.478. The summed E-state index contributed by atoms with van der Waals surface area (Å²) in [6.45, 7) is 5.27. The van der Waals surface area contributed by atoms with E-state index < -0.39 is 0 Å². The van der Waals surface area contributed by atoms with E-state index in [2.05, 4.69) is 49.4 Å². The molecule has 1 aliphatic heterocycles. The molecule has 0 bridgehead atoms. The number of morpholine rings is 1. The zero-order valence-electron chi connectivity index (χ0n) is 16.9. The van der Waals surface area contributed by atoms with Crippen molar-refractivity contribution >= 4 is 17.9 Å². The Morgan fingerprint density at radius 2 is 2.07 bits per heavy atom. The van der Waals surface area contributed by atoms with Crippen LogP contribution < -0.4 is 15.1 Å². The Hall–Kier alpha value is -3.52. The second-order valence-electron chi connectivity index (χ2n) is 6.93. The molecule has 30 heavy (non-hydrogen) atoms. The summed E-state index contributed by atoms with van der Waals surface area (Å²) in [5, 5.41) is 4.32. The maximum atomic E-state index is 5.83. The highest BCUT2D eigenvalue weighted by molar-refractivity contribution is 5.80. The van der Waals surface area contributed by atoms with Gasteiger partial charge in [0, 0.05) is 37.1 Å². The maximum absolute atomic E-state index is 5.83. The SMILES string of the molecule is Cc1cccc(/C=N/Nc2cc(N3CCOCC3)nc(OCc3cccnc3)n2)c1. The van der Waals surface area contributed by atoms with Gasteiger partial charge >= 0.3 is 6.01 Å². The molecule has 0 atom stereocenters. The number of anilines is 2. The Labute approximate surface area is 175 Å². The fourth-order valence-corrected chi connectivity index (χ4v) is 3.04. The summed E-state index contributed by atoms with van der Waals surface area (Å²) in [7, 11) is 0. The number of nitrogens with one attached hydrogen (secondary N) is 1. The number of hydrazone groups is 1. The second kappa shape index (κ2) is 9.80. The molecule has 1 N–H and O–H groups in total. The van der Waals surface area contributed by atoms with E-state index >= 15 is 0 Å². The maximum Gasteiger partial charge on any atom is 0.320 e. The summed E-state index contributed by atoms with van der Waals surface area (Å²) in [6, 6.07) is 14.1. The Morgan fingerprint density at radius 1 is 1.17 bits per heavy atom. The molecule has 0 saturated carbocycles. The lowest BCUT2D eigenvalue weighted by atomic mass is 10.2. The normalized spacial score (nSPS) is 14.1. The van der Waals surface area contributed by atoms with Gasteiger partial charge in [0.1, 0.15) is 12.4 Å². The van der Waals surface area contributed by atoms with Crippen LogP contribution in [0.15, 0.2) is 60.0 Å². The molecular weight excluding hydrogens is 380 g/mol. The predicted octanol–water partition coefficient (Wildman–Crippen LogP) is 3.04. The van der Waals surface area contributed by atoms with Gasteiger partial charge in [0.2, 0.25) is 0 Å². The number of hydrogen-bond acceptors (Lipinski definition) is 8. The van der Waals surface area contributed by atoms with E-state index in [-0.39, 0.29) is 6.01 Å². The summed E-state index contributed by atoms with van der Waals surface area (Å²) in [6.07, 6.45) is 5.25. The molecule has 0 radical (unpaired) electrons. The number of rotatable bonds is 7. The Balaban J connectivity index is 1.51. The van der Waals surface area contributed by atoms with E-state index in [1.807, 2.05) is 30.3 Å². The van der Waals surface area contributed by atoms with E-state index in [1.54, 1.807) is 18.6 Å². The molecule has 8 nitrogen and oxygen atoms in total. The molecule has 1 fully saturated rings. The number of pyridine rings is 1. The predicted molar refractivity (Wildman–Crippen MR) is 116 cm³/mol. The summed E-state index contributed by atoms with van der Waals surface area (Å²) in [5.41, 5.74) is 6.14. The van der Waals surface area contributed by atoms with E-state index in [0.717, 1.165) is 30.0 Å². The number of benzene rings is 1. The van der Waals surface area contributed by atoms with Crippen molar-refractivity contribution in [3.05, 3.63) is 71.5 Å². The average Bonchev–Trinajstić information content (AvgIpc) is 2.79. The Morgan fingerprint density at radius 3 is 2.87 bits per heavy atom. The van der Waals surface area contributed by atoms with Gasteiger partial charge in [0.05, 0.1) is 19.4 Å². The minimum atomic E-state index is 0.288. The first kappa shape index (κ1) is 19.8. The van der Waals surface area contributed by atoms with Crippen LogP contribution in [0.5, 0.6) is 6.01 Å². The third kappa shape index (κ3) is 5.51. The van der Waals surface area contributed by atoms with Crippen molar-refractivity contribution in [1.29, 1.82) is 0 Å². The highest BCUT2D eigenvalue weighted by Crippen LogP contribution is 2.21. The first-order valence-electron chi connectivity index (χ1n) is 9.85. The Bertz CT molecular complexity index is 990. The second-order valence-corrected chi connectivity index (χ2v) is 6.93. The van der Waals surface area contributed by atoms with E-state index in [0.29, 0.717) is 25.6 Å². The third-order valence-corrected chi connectivity index (χ3v) is 4.55. The standard InChI is InChI=1S/C22H24N6O2/c1-17-4-2-5-18(12-17)15-24-27-20-13-21(28-8-10-29-11-9-28)26-22(25-20)30-16-19-6-3-7-23-14-19/h2-7,12-15H,8-11,16H2,1H3,(H,25,26,27)/b24-15+. The zero-order chi connectivity index (χ0) is 20.6. The fraction of sp³-hybridized carbons (Fsp3) is 0.273. The van der Waals surface area contributed by atoms with Crippen molar-refractivity contribution in [2.75, 3.05) is 36.6 Å². The molecule has 0 amide bonds. The van der Waals surface area contributed by atoms with Crippen LogP contribution in [0.4, 0.5) is 11.6 Å². The molecule has 2 aromatic heterocycles. The average molecular weight is 404 g/mol. The highest BCUT2D eigenvalue weighted by Gasteiger charge is 2.15. The van der Waals surface area contributed by atoms with Gasteiger partial charge in [0.25, 0.3) is 0 Å². The molecule has 0 unspecified atom stereocenters. The monoisotopic (exact) mass is 404 g/mol. The number of aromatic nitrogens is 3. The summed E-state index contributed by atoms with van der Waals surface area (Å²) < 4.78 is 11.3. The molecule has 3 heterocycles. The summed E-state index contributed by atoms with van der Waals surface area (Å²) >= 11 is 0. The van der Waals surface area contributed by atoms with Gasteiger partial charge in [-0.1, -0.05) is 35.9 Å². The summed E-state index contributed by atoms with van der Waals surface area (Å²) in [4.78, 5) is 15.3. The number of hydrogen-bond donors (Lipinski definition) is 1. The van der Waals surface area contributed by atoms with Crippen molar-refractivity contribution in [1.82, 2.24) is 15.0 Å². The molecule has 1 aromatic carbocycles. The third-order valence-electron chi connectivity index (χ3n) is 4.55. The number of ether oxygens (including phenoxy) is 2. The minimum absolute atomic E-state index is 0.288. The van der Waals surface area contributed by atoms with Crippen LogP contribution in [0, 0.1) is 6.92 Å². The first-order valence-corrected chi connectivity index (χ1v) is 9.85. The highest BCUT2D eigenvalue weighted by atomic mass is 16.5. The van der Waals surface area contributed by atoms with Crippen molar-refractivity contribution in [3.63, 3.8) is 0 Å². The zero-order valence-corrected chi connectivity index (χ0v) is 16.9. The number of nitrogens with zero attached hydrogens (tertiary/aromatic N) is 5. The smallest absolute Gasteiger partial charge is 0.320 e.